The topological polar surface area (TPSA) is 104 Å². The number of aryl methyl sites for hydroxylation is 2. The van der Waals surface area contributed by atoms with Crippen LogP contribution >= 0.6 is 0 Å². The van der Waals surface area contributed by atoms with Crippen molar-refractivity contribution in [3.05, 3.63) is 53.5 Å². The van der Waals surface area contributed by atoms with Crippen LogP contribution in [0.4, 0.5) is 5.95 Å². The van der Waals surface area contributed by atoms with Crippen molar-refractivity contribution < 1.29 is 14.8 Å². The Balaban J connectivity index is 1.36. The van der Waals surface area contributed by atoms with E-state index in [0.29, 0.717) is 18.3 Å². The van der Waals surface area contributed by atoms with E-state index in [1.165, 1.54) is 34.4 Å². The van der Waals surface area contributed by atoms with Gasteiger partial charge in [-0.25, -0.2) is 15.4 Å². The largest absolute Gasteiger partial charge is 0.350 e. The molecule has 186 valence electrons. The fraction of sp³-hybridized carbons (Fsp3) is 0.462. The van der Waals surface area contributed by atoms with Crippen molar-refractivity contribution in [3.63, 3.8) is 0 Å². The van der Waals surface area contributed by atoms with Crippen LogP contribution in [-0.4, -0.2) is 62.6 Å². The Morgan fingerprint density at radius 3 is 2.57 bits per heavy atom. The molecule has 35 heavy (non-hydrogen) atoms. The zero-order valence-electron chi connectivity index (χ0n) is 20.7. The molecule has 0 unspecified atom stereocenters. The lowest BCUT2D eigenvalue weighted by Gasteiger charge is -2.35. The summed E-state index contributed by atoms with van der Waals surface area (Å²) in [5, 5.41) is 10.0. The van der Waals surface area contributed by atoms with Crippen molar-refractivity contribution in [2.45, 2.75) is 39.5 Å². The van der Waals surface area contributed by atoms with E-state index in [2.05, 4.69) is 57.8 Å². The van der Waals surface area contributed by atoms with E-state index in [0.717, 1.165) is 45.4 Å². The summed E-state index contributed by atoms with van der Waals surface area (Å²) < 4.78 is 2.16. The number of piperidine rings is 1. The summed E-state index contributed by atoms with van der Waals surface area (Å²) in [6.45, 7) is 7.12. The van der Waals surface area contributed by atoms with Gasteiger partial charge >= 0.3 is 0 Å². The van der Waals surface area contributed by atoms with Crippen LogP contribution in [0.3, 0.4) is 0 Å². The van der Waals surface area contributed by atoms with Gasteiger partial charge in [0, 0.05) is 69.1 Å². The van der Waals surface area contributed by atoms with Gasteiger partial charge in [-0.1, -0.05) is 18.6 Å². The molecule has 9 heteroatoms. The van der Waals surface area contributed by atoms with Gasteiger partial charge in [-0.05, 0) is 49.8 Å². The molecule has 2 amide bonds. The molecule has 1 saturated heterocycles. The summed E-state index contributed by atoms with van der Waals surface area (Å²) >= 11 is 0. The molecule has 1 aromatic carbocycles. The number of fused-ring (bicyclic) bond motifs is 1. The minimum Gasteiger partial charge on any atom is -0.350 e. The quantitative estimate of drug-likeness (QED) is 0.381. The van der Waals surface area contributed by atoms with E-state index < -0.39 is 5.91 Å². The fourth-order valence-electron chi connectivity index (χ4n) is 4.88. The molecule has 0 atom stereocenters. The van der Waals surface area contributed by atoms with Crippen molar-refractivity contribution >= 4 is 28.7 Å². The number of amides is 2. The highest BCUT2D eigenvalue weighted by molar-refractivity contribution is 5.92. The number of carbonyl (C=O) groups is 2. The highest BCUT2D eigenvalue weighted by atomic mass is 16.5. The average Bonchev–Trinajstić information content (AvgIpc) is 3.20. The van der Waals surface area contributed by atoms with E-state index in [1.807, 2.05) is 11.8 Å². The number of benzene rings is 1. The van der Waals surface area contributed by atoms with Crippen molar-refractivity contribution in [1.82, 2.24) is 24.9 Å². The zero-order valence-corrected chi connectivity index (χ0v) is 20.7. The number of hydrogen-bond donors (Lipinski definition) is 2. The van der Waals surface area contributed by atoms with Gasteiger partial charge in [0.2, 0.25) is 11.9 Å². The third-order valence-corrected chi connectivity index (χ3v) is 6.91. The lowest BCUT2D eigenvalue weighted by Crippen LogP contribution is -2.42. The number of aromatic nitrogens is 3. The molecule has 1 fully saturated rings. The zero-order chi connectivity index (χ0) is 24.9. The molecular formula is C26H34N6O3. The van der Waals surface area contributed by atoms with Crippen LogP contribution in [0.5, 0.6) is 0 Å². The SMILES string of the molecule is CCC(=O)N(CCc1cn(C)c2ccc(C)cc12)CC1CCN(c2ncc(C(=O)NO)cn2)CC1. The van der Waals surface area contributed by atoms with E-state index >= 15 is 0 Å². The van der Waals surface area contributed by atoms with Gasteiger partial charge in [0.05, 0.1) is 5.56 Å². The van der Waals surface area contributed by atoms with Gasteiger partial charge in [0.25, 0.3) is 5.91 Å². The highest BCUT2D eigenvalue weighted by Crippen LogP contribution is 2.25. The van der Waals surface area contributed by atoms with E-state index in [4.69, 9.17) is 5.21 Å². The van der Waals surface area contributed by atoms with Crippen LogP contribution in [0.15, 0.2) is 36.8 Å². The predicted octanol–water partition coefficient (Wildman–Crippen LogP) is 3.09. The van der Waals surface area contributed by atoms with Gasteiger partial charge in [-0.2, -0.15) is 0 Å². The van der Waals surface area contributed by atoms with Gasteiger partial charge in [0.1, 0.15) is 0 Å². The number of nitrogens with zero attached hydrogens (tertiary/aromatic N) is 5. The molecule has 0 radical (unpaired) electrons. The van der Waals surface area contributed by atoms with Crippen molar-refractivity contribution in [2.75, 3.05) is 31.1 Å². The fourth-order valence-corrected chi connectivity index (χ4v) is 4.88. The van der Waals surface area contributed by atoms with Crippen molar-refractivity contribution in [2.24, 2.45) is 13.0 Å². The van der Waals surface area contributed by atoms with E-state index in [9.17, 15) is 9.59 Å². The monoisotopic (exact) mass is 478 g/mol. The molecule has 0 spiro atoms. The Morgan fingerprint density at radius 2 is 1.91 bits per heavy atom. The molecule has 3 aromatic rings. The minimum atomic E-state index is -0.630. The number of hydrogen-bond acceptors (Lipinski definition) is 6. The molecule has 0 saturated carbocycles. The lowest BCUT2D eigenvalue weighted by molar-refractivity contribution is -0.131. The second-order valence-corrected chi connectivity index (χ2v) is 9.37. The number of rotatable bonds is 8. The van der Waals surface area contributed by atoms with Gasteiger partial charge in [-0.15, -0.1) is 0 Å². The number of anilines is 1. The van der Waals surface area contributed by atoms with Crippen LogP contribution in [0.2, 0.25) is 0 Å². The smallest absolute Gasteiger partial charge is 0.277 e. The van der Waals surface area contributed by atoms with Gasteiger partial charge in [-0.3, -0.25) is 14.8 Å². The Labute approximate surface area is 205 Å². The Morgan fingerprint density at radius 1 is 1.20 bits per heavy atom. The molecule has 2 N–H and O–H groups in total. The molecule has 0 bridgehead atoms. The predicted molar refractivity (Wildman–Crippen MR) is 134 cm³/mol. The summed E-state index contributed by atoms with van der Waals surface area (Å²) in [5.74, 6) is 0.570. The molecule has 4 rings (SSSR count). The van der Waals surface area contributed by atoms with Gasteiger partial charge in [0.15, 0.2) is 0 Å². The standard InChI is InChI=1S/C26H34N6O3/c1-4-24(33)32(12-9-20-17-30(3)23-6-5-18(2)13-22(20)23)16-19-7-10-31(11-8-19)26-27-14-21(15-28-26)25(34)29-35/h5-6,13-15,17,19,35H,4,7-12,16H2,1-3H3,(H,29,34). The first-order valence-electron chi connectivity index (χ1n) is 12.2. The molecule has 3 heterocycles. The van der Waals surface area contributed by atoms with Crippen LogP contribution in [0.25, 0.3) is 10.9 Å². The number of hydroxylamine groups is 1. The second-order valence-electron chi connectivity index (χ2n) is 9.37. The molecular weight excluding hydrogens is 444 g/mol. The van der Waals surface area contributed by atoms with Crippen LogP contribution in [0.1, 0.15) is 47.7 Å². The van der Waals surface area contributed by atoms with Gasteiger partial charge < -0.3 is 14.4 Å². The third-order valence-electron chi connectivity index (χ3n) is 6.91. The summed E-state index contributed by atoms with van der Waals surface area (Å²) in [4.78, 5) is 36.9. The van der Waals surface area contributed by atoms with Crippen molar-refractivity contribution in [1.29, 1.82) is 0 Å². The van der Waals surface area contributed by atoms with Crippen molar-refractivity contribution in [3.8, 4) is 0 Å². The molecule has 2 aromatic heterocycles. The molecule has 9 nitrogen and oxygen atoms in total. The second kappa shape index (κ2) is 10.9. The summed E-state index contributed by atoms with van der Waals surface area (Å²) in [7, 11) is 2.07. The first-order valence-corrected chi connectivity index (χ1v) is 12.2. The number of carbonyl (C=O) groups excluding carboxylic acids is 2. The number of nitrogens with one attached hydrogen (secondary N) is 1. The average molecular weight is 479 g/mol. The van der Waals surface area contributed by atoms with Crippen LogP contribution in [-0.2, 0) is 18.3 Å². The minimum absolute atomic E-state index is 0.199. The van der Waals surface area contributed by atoms with E-state index in [-0.39, 0.29) is 11.5 Å². The maximum absolute atomic E-state index is 12.8. The first-order chi connectivity index (χ1) is 16.9. The highest BCUT2D eigenvalue weighted by Gasteiger charge is 2.25. The van der Waals surface area contributed by atoms with Crippen LogP contribution in [0, 0.1) is 12.8 Å². The third kappa shape index (κ3) is 5.62. The maximum Gasteiger partial charge on any atom is 0.277 e. The van der Waals surface area contributed by atoms with E-state index in [1.54, 1.807) is 5.48 Å². The molecule has 1 aliphatic rings. The first kappa shape index (κ1) is 24.7. The summed E-state index contributed by atoms with van der Waals surface area (Å²) in [5.41, 5.74) is 5.54. The Kier molecular flexibility index (Phi) is 7.65. The molecule has 0 aliphatic carbocycles. The normalized spacial score (nSPS) is 14.3. The van der Waals surface area contributed by atoms with Crippen LogP contribution < -0.4 is 10.4 Å². The maximum atomic E-state index is 12.8. The summed E-state index contributed by atoms with van der Waals surface area (Å²) in [6.07, 6.45) is 8.26. The Hall–Kier alpha value is -3.46. The lowest BCUT2D eigenvalue weighted by atomic mass is 9.96. The Bertz CT molecular complexity index is 1180. The molecule has 1 aliphatic heterocycles. The summed E-state index contributed by atoms with van der Waals surface area (Å²) in [6, 6.07) is 6.53.